The third-order valence-electron chi connectivity index (χ3n) is 9.72. The first-order chi connectivity index (χ1) is 24.5. The minimum Gasteiger partial charge on any atom is -0.466 e. The second-order valence-corrected chi connectivity index (χ2v) is 14.7. The first-order valence-corrected chi connectivity index (χ1v) is 21.6. The quantitative estimate of drug-likeness (QED) is 0.0336. The summed E-state index contributed by atoms with van der Waals surface area (Å²) in [4.78, 5) is 24.3. The van der Waals surface area contributed by atoms with Crippen LogP contribution >= 0.6 is 0 Å². The van der Waals surface area contributed by atoms with E-state index in [0.717, 1.165) is 70.6 Å². The zero-order valence-electron chi connectivity index (χ0n) is 33.1. The normalized spacial score (nSPS) is 13.0. The summed E-state index contributed by atoms with van der Waals surface area (Å²) >= 11 is 0. The standard InChI is InChI=1S/C44H83NO5/c1-3-5-7-9-11-13-15-17-20-24-28-32-36-42(47)41(40-46)45-43(48)37-33-29-25-21-19-23-27-31-35-39-50-44(49)38-34-30-26-22-18-16-14-12-10-8-6-4-2/h21,25,32,36,41-42,46-47H,3-20,22-24,26-31,33-35,37-40H2,1-2H3,(H,45,48)/b25-21-,36-32+. The van der Waals surface area contributed by atoms with Crippen LogP contribution in [0.3, 0.4) is 0 Å². The van der Waals surface area contributed by atoms with Crippen LogP contribution in [-0.4, -0.2) is 47.4 Å². The molecule has 0 fully saturated rings. The molecule has 0 aromatic carbocycles. The molecular formula is C44H83NO5. The monoisotopic (exact) mass is 706 g/mol. The van der Waals surface area contributed by atoms with E-state index in [1.165, 1.54) is 122 Å². The molecule has 0 bridgehead atoms. The van der Waals surface area contributed by atoms with Crippen molar-refractivity contribution in [3.63, 3.8) is 0 Å². The molecule has 0 radical (unpaired) electrons. The summed E-state index contributed by atoms with van der Waals surface area (Å²) in [7, 11) is 0. The van der Waals surface area contributed by atoms with Gasteiger partial charge in [0.15, 0.2) is 0 Å². The maximum absolute atomic E-state index is 12.3. The lowest BCUT2D eigenvalue weighted by atomic mass is 10.0. The average molecular weight is 706 g/mol. The van der Waals surface area contributed by atoms with Crippen molar-refractivity contribution in [2.24, 2.45) is 0 Å². The number of unbranched alkanes of at least 4 members (excludes halogenated alkanes) is 26. The second-order valence-electron chi connectivity index (χ2n) is 14.7. The van der Waals surface area contributed by atoms with Crippen LogP contribution in [0.15, 0.2) is 24.3 Å². The molecule has 0 aromatic rings. The summed E-state index contributed by atoms with van der Waals surface area (Å²) in [5.41, 5.74) is 0. The van der Waals surface area contributed by atoms with Crippen molar-refractivity contribution in [2.75, 3.05) is 13.2 Å². The highest BCUT2D eigenvalue weighted by atomic mass is 16.5. The van der Waals surface area contributed by atoms with Crippen molar-refractivity contribution in [3.05, 3.63) is 24.3 Å². The van der Waals surface area contributed by atoms with Crippen LogP contribution in [0, 0.1) is 0 Å². The van der Waals surface area contributed by atoms with E-state index in [2.05, 4.69) is 31.3 Å². The van der Waals surface area contributed by atoms with Gasteiger partial charge in [0.1, 0.15) is 0 Å². The van der Waals surface area contributed by atoms with E-state index >= 15 is 0 Å². The minimum absolute atomic E-state index is 0.0385. The Balaban J connectivity index is 3.60. The van der Waals surface area contributed by atoms with Gasteiger partial charge in [-0.1, -0.05) is 179 Å². The van der Waals surface area contributed by atoms with Gasteiger partial charge < -0.3 is 20.3 Å². The lowest BCUT2D eigenvalue weighted by molar-refractivity contribution is -0.143. The zero-order valence-corrected chi connectivity index (χ0v) is 33.1. The first-order valence-electron chi connectivity index (χ1n) is 21.6. The maximum atomic E-state index is 12.3. The number of carbonyl (C=O) groups excluding carboxylic acids is 2. The third kappa shape index (κ3) is 36.1. The second kappa shape index (κ2) is 40.1. The average Bonchev–Trinajstić information content (AvgIpc) is 3.11. The summed E-state index contributed by atoms with van der Waals surface area (Å²) < 4.78 is 5.41. The number of nitrogens with one attached hydrogen (secondary N) is 1. The van der Waals surface area contributed by atoms with Gasteiger partial charge in [-0.25, -0.2) is 0 Å². The van der Waals surface area contributed by atoms with Gasteiger partial charge in [-0.15, -0.1) is 0 Å². The molecule has 6 heteroatoms. The van der Waals surface area contributed by atoms with Gasteiger partial charge in [-0.05, 0) is 51.4 Å². The SMILES string of the molecule is CCCCCCCCCCCC/C=C/C(O)C(CO)NC(=O)CCC/C=C\CCCCCCOC(=O)CCCCCCCCCCCCCC. The number of aliphatic hydroxyl groups is 2. The Morgan fingerprint density at radius 2 is 0.960 bits per heavy atom. The molecule has 1 amide bonds. The summed E-state index contributed by atoms with van der Waals surface area (Å²) in [5.74, 6) is -0.169. The van der Waals surface area contributed by atoms with E-state index in [-0.39, 0.29) is 18.5 Å². The number of rotatable bonds is 39. The maximum Gasteiger partial charge on any atom is 0.305 e. The molecular weight excluding hydrogens is 622 g/mol. The summed E-state index contributed by atoms with van der Waals surface area (Å²) in [6.07, 6.45) is 44.5. The van der Waals surface area contributed by atoms with Crippen molar-refractivity contribution in [1.29, 1.82) is 0 Å². The fourth-order valence-electron chi connectivity index (χ4n) is 6.34. The van der Waals surface area contributed by atoms with E-state index in [0.29, 0.717) is 19.4 Å². The molecule has 0 aliphatic rings. The van der Waals surface area contributed by atoms with Gasteiger partial charge in [-0.3, -0.25) is 9.59 Å². The Hall–Kier alpha value is -1.66. The largest absolute Gasteiger partial charge is 0.466 e. The molecule has 2 atom stereocenters. The molecule has 6 nitrogen and oxygen atoms in total. The number of hydrogen-bond donors (Lipinski definition) is 3. The Kier molecular flexibility index (Phi) is 38.8. The molecule has 0 aromatic heterocycles. The molecule has 0 rings (SSSR count). The molecule has 0 saturated carbocycles. The number of aliphatic hydroxyl groups excluding tert-OH is 2. The minimum atomic E-state index is -0.872. The molecule has 0 aliphatic heterocycles. The van der Waals surface area contributed by atoms with Crippen molar-refractivity contribution in [1.82, 2.24) is 5.32 Å². The zero-order chi connectivity index (χ0) is 36.6. The smallest absolute Gasteiger partial charge is 0.305 e. The van der Waals surface area contributed by atoms with Crippen LogP contribution in [0.1, 0.15) is 219 Å². The van der Waals surface area contributed by atoms with E-state index in [4.69, 9.17) is 4.74 Å². The number of ether oxygens (including phenoxy) is 1. The molecule has 0 spiro atoms. The van der Waals surface area contributed by atoms with Crippen molar-refractivity contribution >= 4 is 11.9 Å². The predicted octanol–water partition coefficient (Wildman–Crippen LogP) is 12.0. The fourth-order valence-corrected chi connectivity index (χ4v) is 6.34. The molecule has 2 unspecified atom stereocenters. The highest BCUT2D eigenvalue weighted by Gasteiger charge is 2.17. The van der Waals surface area contributed by atoms with Crippen molar-refractivity contribution < 1.29 is 24.5 Å². The van der Waals surface area contributed by atoms with E-state index in [9.17, 15) is 19.8 Å². The fraction of sp³-hybridized carbons (Fsp3) is 0.864. The molecule has 0 heterocycles. The Labute approximate surface area is 310 Å². The summed E-state index contributed by atoms with van der Waals surface area (Å²) in [6, 6.07) is -0.662. The molecule has 0 saturated heterocycles. The van der Waals surface area contributed by atoms with Gasteiger partial charge in [0.2, 0.25) is 5.91 Å². The summed E-state index contributed by atoms with van der Waals surface area (Å²) in [5, 5.41) is 22.9. The van der Waals surface area contributed by atoms with Crippen molar-refractivity contribution in [2.45, 2.75) is 231 Å². The lowest BCUT2D eigenvalue weighted by Crippen LogP contribution is -2.45. The predicted molar refractivity (Wildman–Crippen MR) is 213 cm³/mol. The van der Waals surface area contributed by atoms with E-state index in [1.807, 2.05) is 6.08 Å². The van der Waals surface area contributed by atoms with Gasteiger partial charge >= 0.3 is 5.97 Å². The number of esters is 1. The van der Waals surface area contributed by atoms with Crippen LogP contribution in [-0.2, 0) is 14.3 Å². The number of allylic oxidation sites excluding steroid dienone is 3. The van der Waals surface area contributed by atoms with Gasteiger partial charge in [0.25, 0.3) is 0 Å². The molecule has 0 aliphatic carbocycles. The molecule has 3 N–H and O–H groups in total. The van der Waals surface area contributed by atoms with Gasteiger partial charge in [0, 0.05) is 12.8 Å². The first kappa shape index (κ1) is 48.3. The Morgan fingerprint density at radius 1 is 0.540 bits per heavy atom. The van der Waals surface area contributed by atoms with Crippen molar-refractivity contribution in [3.8, 4) is 0 Å². The molecule has 50 heavy (non-hydrogen) atoms. The highest BCUT2D eigenvalue weighted by molar-refractivity contribution is 5.76. The number of hydrogen-bond acceptors (Lipinski definition) is 5. The highest BCUT2D eigenvalue weighted by Crippen LogP contribution is 2.14. The Bertz CT molecular complexity index is 782. The number of amides is 1. The number of carbonyl (C=O) groups is 2. The summed E-state index contributed by atoms with van der Waals surface area (Å²) in [6.45, 7) is 4.78. The van der Waals surface area contributed by atoms with E-state index < -0.39 is 12.1 Å². The molecule has 294 valence electrons. The topological polar surface area (TPSA) is 95.9 Å². The van der Waals surface area contributed by atoms with Gasteiger partial charge in [0.05, 0.1) is 25.4 Å². The van der Waals surface area contributed by atoms with Crippen LogP contribution in [0.5, 0.6) is 0 Å². The third-order valence-corrected chi connectivity index (χ3v) is 9.72. The lowest BCUT2D eigenvalue weighted by Gasteiger charge is -2.19. The Morgan fingerprint density at radius 3 is 1.46 bits per heavy atom. The van der Waals surface area contributed by atoms with Crippen LogP contribution in [0.4, 0.5) is 0 Å². The van der Waals surface area contributed by atoms with Crippen LogP contribution in [0.2, 0.25) is 0 Å². The van der Waals surface area contributed by atoms with Gasteiger partial charge in [-0.2, -0.15) is 0 Å². The van der Waals surface area contributed by atoms with Crippen LogP contribution in [0.25, 0.3) is 0 Å². The van der Waals surface area contributed by atoms with Crippen LogP contribution < -0.4 is 5.32 Å². The van der Waals surface area contributed by atoms with E-state index in [1.54, 1.807) is 6.08 Å².